The van der Waals surface area contributed by atoms with E-state index in [1.165, 1.54) is 19.3 Å². The Balaban J connectivity index is 5.48. The van der Waals surface area contributed by atoms with Gasteiger partial charge in [0.05, 0.1) is 32.8 Å². The van der Waals surface area contributed by atoms with E-state index >= 15 is 0 Å². The van der Waals surface area contributed by atoms with Crippen molar-refractivity contribution in [3.63, 3.8) is 0 Å². The van der Waals surface area contributed by atoms with E-state index in [9.17, 15) is 43.2 Å². The number of rotatable bonds is 70. The number of phosphoric ester groups is 2. The number of hydrogen-bond donors (Lipinski definition) is 3. The summed E-state index contributed by atoms with van der Waals surface area (Å²) >= 11 is 0. The predicted molar refractivity (Wildman–Crippen MR) is 417 cm³/mol. The second-order valence-corrected chi connectivity index (χ2v) is 27.7. The first kappa shape index (κ1) is 96.4. The second kappa shape index (κ2) is 73.7. The lowest BCUT2D eigenvalue weighted by molar-refractivity contribution is -0.161. The molecule has 0 aliphatic rings. The Morgan fingerprint density at radius 3 is 0.922 bits per heavy atom. The van der Waals surface area contributed by atoms with Gasteiger partial charge < -0.3 is 33.8 Å². The number of aliphatic hydroxyl groups is 1. The fourth-order valence-electron chi connectivity index (χ4n) is 9.39. The molecule has 0 aliphatic heterocycles. The van der Waals surface area contributed by atoms with Gasteiger partial charge in [-0.2, -0.15) is 0 Å². The van der Waals surface area contributed by atoms with Gasteiger partial charge in [-0.05, 0) is 154 Å². The van der Waals surface area contributed by atoms with Gasteiger partial charge in [0.15, 0.2) is 12.2 Å². The van der Waals surface area contributed by atoms with Gasteiger partial charge in [-0.15, -0.1) is 0 Å². The van der Waals surface area contributed by atoms with E-state index in [-0.39, 0.29) is 25.7 Å². The highest BCUT2D eigenvalue weighted by molar-refractivity contribution is 7.47. The van der Waals surface area contributed by atoms with Gasteiger partial charge in [0.25, 0.3) is 0 Å². The minimum Gasteiger partial charge on any atom is -0.462 e. The number of carbonyl (C=O) groups excluding carboxylic acids is 4. The lowest BCUT2D eigenvalue weighted by Gasteiger charge is -2.21. The van der Waals surface area contributed by atoms with Crippen molar-refractivity contribution in [3.8, 4) is 0 Å². The fraction of sp³-hybridized carbons (Fsp3) is 0.614. The quantitative estimate of drug-likeness (QED) is 0.0169. The van der Waals surface area contributed by atoms with Gasteiger partial charge in [-0.3, -0.25) is 37.3 Å². The number of esters is 4. The Kier molecular flexibility index (Phi) is 69.7. The minimum atomic E-state index is -5.02. The molecule has 0 heterocycles. The molecule has 0 bridgehead atoms. The molecule has 0 saturated heterocycles. The molecule has 0 amide bonds. The number of hydrogen-bond acceptors (Lipinski definition) is 15. The molecule has 0 rings (SSSR count). The summed E-state index contributed by atoms with van der Waals surface area (Å²) in [5.74, 6) is -2.41. The van der Waals surface area contributed by atoms with E-state index in [1.807, 2.05) is 12.2 Å². The van der Waals surface area contributed by atoms with Crippen molar-refractivity contribution >= 4 is 39.5 Å². The van der Waals surface area contributed by atoms with Crippen LogP contribution in [0, 0.1) is 0 Å². The first-order valence-electron chi connectivity index (χ1n) is 38.4. The Morgan fingerprint density at radius 1 is 0.294 bits per heavy atom. The molecule has 0 radical (unpaired) electrons. The second-order valence-electron chi connectivity index (χ2n) is 24.8. The molecule has 17 nitrogen and oxygen atoms in total. The topological polar surface area (TPSA) is 237 Å². The zero-order valence-corrected chi connectivity index (χ0v) is 64.8. The highest BCUT2D eigenvalue weighted by atomic mass is 31.2. The largest absolute Gasteiger partial charge is 0.472 e. The van der Waals surface area contributed by atoms with Crippen molar-refractivity contribution in [2.75, 3.05) is 39.6 Å². The van der Waals surface area contributed by atoms with Crippen LogP contribution >= 0.6 is 15.6 Å². The molecular weight excluding hydrogens is 1330 g/mol. The third-order valence-corrected chi connectivity index (χ3v) is 17.1. The van der Waals surface area contributed by atoms with E-state index in [4.69, 9.17) is 37.0 Å². The molecule has 578 valence electrons. The normalized spacial score (nSPS) is 14.9. The third-order valence-electron chi connectivity index (χ3n) is 15.2. The lowest BCUT2D eigenvalue weighted by Crippen LogP contribution is -2.30. The Labute approximate surface area is 616 Å². The Hall–Kier alpha value is -5.58. The van der Waals surface area contributed by atoms with E-state index < -0.39 is 97.5 Å². The van der Waals surface area contributed by atoms with Gasteiger partial charge in [-0.1, -0.05) is 262 Å². The fourth-order valence-corrected chi connectivity index (χ4v) is 11.0. The number of unbranched alkanes of at least 4 members (excludes halogenated alkanes) is 17. The summed E-state index contributed by atoms with van der Waals surface area (Å²) in [7, 11) is -10.0. The maximum absolute atomic E-state index is 13.1. The summed E-state index contributed by atoms with van der Waals surface area (Å²) in [6.07, 6.45) is 86.6. The van der Waals surface area contributed by atoms with Gasteiger partial charge in [0, 0.05) is 19.3 Å². The lowest BCUT2D eigenvalue weighted by atomic mass is 10.1. The van der Waals surface area contributed by atoms with E-state index in [0.29, 0.717) is 25.7 Å². The smallest absolute Gasteiger partial charge is 0.462 e. The molecule has 0 fully saturated rings. The number of ether oxygens (including phenoxy) is 4. The highest BCUT2D eigenvalue weighted by Crippen LogP contribution is 2.45. The monoisotopic (exact) mass is 1460 g/mol. The first-order valence-corrected chi connectivity index (χ1v) is 41.4. The molecule has 19 heteroatoms. The molecule has 0 aromatic rings. The number of aliphatic hydroxyl groups excluding tert-OH is 1. The highest BCUT2D eigenvalue weighted by Gasteiger charge is 2.30. The minimum absolute atomic E-state index is 0.0672. The first-order chi connectivity index (χ1) is 49.7. The Morgan fingerprint density at radius 2 is 0.569 bits per heavy atom. The van der Waals surface area contributed by atoms with Crippen LogP contribution in [0.25, 0.3) is 0 Å². The summed E-state index contributed by atoms with van der Waals surface area (Å²) in [6.45, 7) is 4.34. The number of phosphoric acid groups is 2. The van der Waals surface area contributed by atoms with Crippen molar-refractivity contribution < 1.29 is 80.2 Å². The van der Waals surface area contributed by atoms with Crippen LogP contribution in [-0.4, -0.2) is 96.7 Å². The van der Waals surface area contributed by atoms with Crippen LogP contribution in [0.15, 0.2) is 170 Å². The molecule has 3 N–H and O–H groups in total. The summed E-state index contributed by atoms with van der Waals surface area (Å²) in [5.41, 5.74) is 0. The summed E-state index contributed by atoms with van der Waals surface area (Å²) < 4.78 is 68.3. The standard InChI is InChI=1S/C83H134O17P2/c1-5-9-13-17-21-25-29-33-36-37-38-39-42-45-48-52-56-60-64-68-81(86)94-74-79(100-83(88)70-66-62-58-54-50-46-41-35-31-27-23-19-15-11-7-3)76-98-102(91,92)96-72-77(84)71-95-101(89,90)97-75-78(99-82(87)69-65-61-57-53-49-43-32-28-24-20-16-12-8-4)73-93-80(85)67-63-59-55-51-47-44-40-34-30-26-22-18-14-10-6-2/h9,11,13,15-16,20-23,25-28,32-36,38-41,45,48,50,54,62,66,77-79,84H,5-8,10,12,14,17-19,24,29-31,37,42-44,46-47,49,51-53,55-61,63-65,67-76H2,1-4H3,(H,89,90)(H,91,92)/b13-9-,15-11-,20-16-,25-21-,26-22-,27-23-,32-28-,36-33-,39-38-,40-34-,41-35-,48-45-,54-50-,66-62-. The maximum atomic E-state index is 13.1. The van der Waals surface area contributed by atoms with Crippen molar-refractivity contribution in [2.24, 2.45) is 0 Å². The van der Waals surface area contributed by atoms with Gasteiger partial charge >= 0.3 is 39.5 Å². The van der Waals surface area contributed by atoms with Gasteiger partial charge in [-0.25, -0.2) is 9.13 Å². The molecule has 0 aliphatic carbocycles. The Bertz CT molecular complexity index is 2600. The molecular formula is C83H134O17P2. The van der Waals surface area contributed by atoms with Crippen LogP contribution in [0.3, 0.4) is 0 Å². The number of allylic oxidation sites excluding steroid dienone is 27. The average Bonchev–Trinajstić information content (AvgIpc) is 0.924. The maximum Gasteiger partial charge on any atom is 0.472 e. The van der Waals surface area contributed by atoms with Crippen LogP contribution < -0.4 is 0 Å². The predicted octanol–water partition coefficient (Wildman–Crippen LogP) is 22.2. The van der Waals surface area contributed by atoms with E-state index in [0.717, 1.165) is 173 Å². The molecule has 0 aromatic heterocycles. The van der Waals surface area contributed by atoms with E-state index in [2.05, 4.69) is 174 Å². The van der Waals surface area contributed by atoms with Crippen LogP contribution in [0.1, 0.15) is 272 Å². The van der Waals surface area contributed by atoms with Crippen molar-refractivity contribution in [1.82, 2.24) is 0 Å². The average molecular weight is 1470 g/mol. The zero-order valence-electron chi connectivity index (χ0n) is 63.0. The molecule has 5 unspecified atom stereocenters. The van der Waals surface area contributed by atoms with E-state index in [1.54, 1.807) is 12.2 Å². The summed E-state index contributed by atoms with van der Waals surface area (Å²) in [5, 5.41) is 10.6. The summed E-state index contributed by atoms with van der Waals surface area (Å²) in [6, 6.07) is 0. The SMILES string of the molecule is CC/C=C\C/C=C\C/C=C\C/C=C\C/C=C\CCCCCC(=O)OCC(COP(=O)(O)OCC(O)COP(=O)(O)OCC(COC(=O)CCCCCCC/C=C\C/C=C\CCCCC)OC(=O)CCCCCCC/C=C\C/C=C\CCC)OC(=O)C/C=C\C/C=C\C/C=C\C/C=C\C/C=C\CC. The molecule has 0 aromatic carbocycles. The van der Waals surface area contributed by atoms with Crippen LogP contribution in [-0.2, 0) is 65.4 Å². The molecule has 0 saturated carbocycles. The van der Waals surface area contributed by atoms with Crippen LogP contribution in [0.5, 0.6) is 0 Å². The zero-order chi connectivity index (χ0) is 74.6. The van der Waals surface area contributed by atoms with Crippen molar-refractivity contribution in [2.45, 2.75) is 290 Å². The molecule has 102 heavy (non-hydrogen) atoms. The van der Waals surface area contributed by atoms with Gasteiger partial charge in [0.1, 0.15) is 19.3 Å². The van der Waals surface area contributed by atoms with Crippen molar-refractivity contribution in [3.05, 3.63) is 170 Å². The van der Waals surface area contributed by atoms with Crippen LogP contribution in [0.4, 0.5) is 0 Å². The molecule has 0 spiro atoms. The molecule has 5 atom stereocenters. The van der Waals surface area contributed by atoms with Crippen molar-refractivity contribution in [1.29, 1.82) is 0 Å². The number of carbonyl (C=O) groups is 4. The van der Waals surface area contributed by atoms with Gasteiger partial charge in [0.2, 0.25) is 0 Å². The third kappa shape index (κ3) is 72.8. The van der Waals surface area contributed by atoms with Crippen LogP contribution in [0.2, 0.25) is 0 Å². The summed E-state index contributed by atoms with van der Waals surface area (Å²) in [4.78, 5) is 72.8.